The summed E-state index contributed by atoms with van der Waals surface area (Å²) in [5.74, 6) is -0.280. The molecule has 6 aromatic rings. The number of nitrogens with zero attached hydrogens (tertiary/aromatic N) is 8. The van der Waals surface area contributed by atoms with E-state index in [2.05, 4.69) is 44.3 Å². The number of benzene rings is 4. The molecule has 0 radical (unpaired) electrons. The zero-order chi connectivity index (χ0) is 43.5. The summed E-state index contributed by atoms with van der Waals surface area (Å²) in [4.78, 5) is 29.2. The zero-order valence-electron chi connectivity index (χ0n) is 35.5. The van der Waals surface area contributed by atoms with E-state index in [-0.39, 0.29) is 37.5 Å². The van der Waals surface area contributed by atoms with Crippen LogP contribution >= 0.6 is 23.2 Å². The minimum absolute atomic E-state index is 0.0526. The van der Waals surface area contributed by atoms with Crippen LogP contribution in [0.1, 0.15) is 55.5 Å². The van der Waals surface area contributed by atoms with Crippen molar-refractivity contribution in [2.75, 3.05) is 49.2 Å². The van der Waals surface area contributed by atoms with Gasteiger partial charge in [-0.15, -0.1) is 4.68 Å². The minimum Gasteiger partial charge on any atom is -0.491 e. The first kappa shape index (κ1) is 43.0. The highest BCUT2D eigenvalue weighted by Crippen LogP contribution is 2.40. The van der Waals surface area contributed by atoms with E-state index in [0.717, 1.165) is 72.1 Å². The van der Waals surface area contributed by atoms with E-state index in [0.29, 0.717) is 27.9 Å². The average molecular weight is 883 g/mol. The predicted molar refractivity (Wildman–Crippen MR) is 237 cm³/mol. The molecule has 0 spiro atoms. The molecule has 4 aromatic carbocycles. The molecule has 0 amide bonds. The number of anilines is 2. The van der Waals surface area contributed by atoms with Gasteiger partial charge in [-0.3, -0.25) is 4.79 Å². The molecule has 2 aliphatic rings. The van der Waals surface area contributed by atoms with Gasteiger partial charge in [-0.1, -0.05) is 36.2 Å². The Morgan fingerprint density at radius 2 is 1.56 bits per heavy atom. The van der Waals surface area contributed by atoms with E-state index in [1.54, 1.807) is 34.0 Å². The molecule has 2 saturated heterocycles. The van der Waals surface area contributed by atoms with Crippen LogP contribution in [0.3, 0.4) is 0 Å². The maximum atomic E-state index is 12.9. The molecular weight excluding hydrogens is 831 g/mol. The number of hydrogen-bond acceptors (Lipinski definition) is 10. The summed E-state index contributed by atoms with van der Waals surface area (Å²) in [5, 5.41) is 9.88. The standard InChI is InChI=1S/C46H51Cl2N8O6/c1-6-33(4)56-45(58)55(29-50-56)39-10-8-37(9-11-39)52-17-19-53(20-18-52)38-12-14-40(15-13-38)59-25-41-26-60-46(62-41,42-16-7-36(47)23-43(42)48)27-54-30-51(28-49-54)24-35-21-31(2)44(32(3)22-35)61-34(5)57/h7-16,21-23,28-30,33,41H,6,17-20,24-27H2,1-5H3/q+1/t33?,41-,46-/m0/s1. The highest BCUT2D eigenvalue weighted by atomic mass is 35.5. The second kappa shape index (κ2) is 18.4. The van der Waals surface area contributed by atoms with Gasteiger partial charge in [0, 0.05) is 60.2 Å². The van der Waals surface area contributed by atoms with E-state index in [9.17, 15) is 9.59 Å². The molecule has 8 rings (SSSR count). The number of carbonyl (C=O) groups is 1. The van der Waals surface area contributed by atoms with E-state index in [1.807, 2.05) is 81.1 Å². The summed E-state index contributed by atoms with van der Waals surface area (Å²) in [7, 11) is 0. The predicted octanol–water partition coefficient (Wildman–Crippen LogP) is 7.06. The third kappa shape index (κ3) is 9.38. The number of carbonyl (C=O) groups excluding carboxylic acids is 1. The van der Waals surface area contributed by atoms with Crippen molar-refractivity contribution in [2.24, 2.45) is 0 Å². The third-order valence-electron chi connectivity index (χ3n) is 11.4. The number of aryl methyl sites for hydroxylation is 2. The number of aromatic nitrogens is 6. The smallest absolute Gasteiger partial charge is 0.350 e. The minimum atomic E-state index is -1.25. The van der Waals surface area contributed by atoms with Crippen LogP contribution in [0, 0.1) is 13.8 Å². The van der Waals surface area contributed by atoms with Gasteiger partial charge in [0.15, 0.2) is 6.54 Å². The first-order valence-corrected chi connectivity index (χ1v) is 21.6. The lowest BCUT2D eigenvalue weighted by Gasteiger charge is -2.37. The molecule has 4 heterocycles. The molecule has 0 N–H and O–H groups in total. The zero-order valence-corrected chi connectivity index (χ0v) is 37.1. The van der Waals surface area contributed by atoms with Gasteiger partial charge >= 0.3 is 11.7 Å². The summed E-state index contributed by atoms with van der Waals surface area (Å²) in [6.07, 6.45) is 5.68. The van der Waals surface area contributed by atoms with Crippen LogP contribution < -0.4 is 29.5 Å². The van der Waals surface area contributed by atoms with Gasteiger partial charge in [0.1, 0.15) is 30.5 Å². The summed E-state index contributed by atoms with van der Waals surface area (Å²) >= 11 is 13.1. The normalized spacial score (nSPS) is 18.3. The lowest BCUT2D eigenvalue weighted by Crippen LogP contribution is -2.46. The Hall–Kier alpha value is -5.67. The molecule has 2 aromatic heterocycles. The van der Waals surface area contributed by atoms with Crippen LogP contribution in [-0.2, 0) is 33.1 Å². The van der Waals surface area contributed by atoms with Gasteiger partial charge < -0.3 is 28.7 Å². The quantitative estimate of drug-likeness (QED) is 0.0639. The molecule has 16 heteroatoms. The van der Waals surface area contributed by atoms with Gasteiger partial charge in [-0.2, -0.15) is 5.10 Å². The van der Waals surface area contributed by atoms with E-state index >= 15 is 0 Å². The molecular formula is C46H51Cl2N8O6+. The maximum Gasteiger partial charge on any atom is 0.350 e. The lowest BCUT2D eigenvalue weighted by molar-refractivity contribution is -0.689. The number of piperazine rings is 1. The van der Waals surface area contributed by atoms with Gasteiger partial charge in [0.25, 0.3) is 6.33 Å². The second-order valence-corrected chi connectivity index (χ2v) is 16.8. The summed E-state index contributed by atoms with van der Waals surface area (Å²) in [6.45, 7) is 14.1. The Morgan fingerprint density at radius 3 is 2.19 bits per heavy atom. The van der Waals surface area contributed by atoms with Gasteiger partial charge in [0.2, 0.25) is 12.1 Å². The average Bonchev–Trinajstić information content (AvgIpc) is 4.00. The van der Waals surface area contributed by atoms with Crippen molar-refractivity contribution >= 4 is 40.5 Å². The van der Waals surface area contributed by atoms with Crippen molar-refractivity contribution in [1.29, 1.82) is 0 Å². The number of halogens is 2. The second-order valence-electron chi connectivity index (χ2n) is 16.0. The first-order chi connectivity index (χ1) is 29.9. The molecule has 62 heavy (non-hydrogen) atoms. The largest absolute Gasteiger partial charge is 0.491 e. The molecule has 0 saturated carbocycles. The van der Waals surface area contributed by atoms with Gasteiger partial charge in [-0.05, 0) is 117 Å². The van der Waals surface area contributed by atoms with Crippen molar-refractivity contribution in [3.05, 3.63) is 141 Å². The van der Waals surface area contributed by atoms with Crippen LogP contribution in [0.2, 0.25) is 10.0 Å². The van der Waals surface area contributed by atoms with E-state index in [1.165, 1.54) is 11.6 Å². The van der Waals surface area contributed by atoms with Crippen molar-refractivity contribution in [1.82, 2.24) is 24.1 Å². The molecule has 324 valence electrons. The number of hydrogen-bond donors (Lipinski definition) is 0. The van der Waals surface area contributed by atoms with Crippen LogP contribution in [0.15, 0.2) is 103 Å². The summed E-state index contributed by atoms with van der Waals surface area (Å²) in [5.41, 5.74) is 6.38. The van der Waals surface area contributed by atoms with Crippen LogP contribution in [0.4, 0.5) is 11.4 Å². The SMILES string of the molecule is CCC(C)n1ncn(-c2ccc(N3CCN(c4ccc(OC[C@H]5CO[C@](Cn6c[n+](Cc7cc(C)c(OC(C)=O)c(C)c7)cn6)(c6ccc(Cl)cc6Cl)O5)cc4)CC3)cc2)c1=O. The fourth-order valence-corrected chi connectivity index (χ4v) is 8.65. The fraction of sp³-hybridized carbons (Fsp3) is 0.370. The van der Waals surface area contributed by atoms with Crippen LogP contribution in [0.25, 0.3) is 5.69 Å². The highest BCUT2D eigenvalue weighted by Gasteiger charge is 2.47. The molecule has 1 unspecified atom stereocenters. The molecule has 3 atom stereocenters. The van der Waals surface area contributed by atoms with Gasteiger partial charge in [0.05, 0.1) is 29.9 Å². The Morgan fingerprint density at radius 1 is 0.919 bits per heavy atom. The van der Waals surface area contributed by atoms with E-state index < -0.39 is 11.9 Å². The first-order valence-electron chi connectivity index (χ1n) is 20.8. The summed E-state index contributed by atoms with van der Waals surface area (Å²) in [6, 6.07) is 25.6. The Balaban J connectivity index is 0.867. The fourth-order valence-electron chi connectivity index (χ4n) is 8.10. The molecule has 2 aliphatic heterocycles. The lowest BCUT2D eigenvalue weighted by atomic mass is 10.1. The van der Waals surface area contributed by atoms with Crippen molar-refractivity contribution in [3.63, 3.8) is 0 Å². The van der Waals surface area contributed by atoms with Crippen molar-refractivity contribution in [3.8, 4) is 17.2 Å². The van der Waals surface area contributed by atoms with Crippen molar-refractivity contribution in [2.45, 2.75) is 72.1 Å². The van der Waals surface area contributed by atoms with E-state index in [4.69, 9.17) is 42.1 Å². The number of rotatable bonds is 14. The molecule has 14 nitrogen and oxygen atoms in total. The number of esters is 1. The molecule has 0 bridgehead atoms. The van der Waals surface area contributed by atoms with Crippen LogP contribution in [0.5, 0.6) is 11.5 Å². The maximum absolute atomic E-state index is 12.9. The van der Waals surface area contributed by atoms with Crippen molar-refractivity contribution < 1.29 is 28.3 Å². The Labute approximate surface area is 370 Å². The molecule has 2 fully saturated rings. The monoisotopic (exact) mass is 881 g/mol. The third-order valence-corrected chi connectivity index (χ3v) is 12.0. The Kier molecular flexibility index (Phi) is 12.7. The number of ether oxygens (including phenoxy) is 4. The summed E-state index contributed by atoms with van der Waals surface area (Å²) < 4.78 is 31.7. The topological polar surface area (TPSA) is 122 Å². The molecule has 0 aliphatic carbocycles. The highest BCUT2D eigenvalue weighted by molar-refractivity contribution is 6.35. The van der Waals surface area contributed by atoms with Crippen LogP contribution in [-0.4, -0.2) is 75.6 Å². The Bertz CT molecular complexity index is 2560. The van der Waals surface area contributed by atoms with Gasteiger partial charge in [-0.25, -0.2) is 18.6 Å².